The van der Waals surface area contributed by atoms with Gasteiger partial charge in [0.25, 0.3) is 0 Å². The van der Waals surface area contributed by atoms with Crippen molar-refractivity contribution in [3.8, 4) is 0 Å². The third-order valence-electron chi connectivity index (χ3n) is 3.33. The molecule has 3 rings (SSSR count). The van der Waals surface area contributed by atoms with Crippen LogP contribution >= 0.6 is 0 Å². The molecule has 2 atom stereocenters. The highest BCUT2D eigenvalue weighted by atomic mass is 16.6. The minimum absolute atomic E-state index is 0.0430. The van der Waals surface area contributed by atoms with Crippen LogP contribution in [0.5, 0.6) is 0 Å². The first kappa shape index (κ1) is 8.52. The Balaban J connectivity index is 2.09. The molecule has 0 unspecified atom stereocenters. The van der Waals surface area contributed by atoms with Crippen molar-refractivity contribution in [2.75, 3.05) is 0 Å². The van der Waals surface area contributed by atoms with Crippen LogP contribution in [0, 0.1) is 10.4 Å². The van der Waals surface area contributed by atoms with Gasteiger partial charge in [-0.25, -0.2) is 0 Å². The summed E-state index contributed by atoms with van der Waals surface area (Å²) in [7, 11) is 0. The molecule has 1 aromatic rings. The maximum absolute atomic E-state index is 11.3. The summed E-state index contributed by atoms with van der Waals surface area (Å²) in [6, 6.07) is 8.04. The number of hydrogen-bond donors (Lipinski definition) is 0. The first-order valence-corrected chi connectivity index (χ1v) is 5.00. The Morgan fingerprint density at radius 2 is 1.73 bits per heavy atom. The lowest BCUT2D eigenvalue weighted by Crippen LogP contribution is -2.26. The number of hydrogen-bond acceptors (Lipinski definition) is 3. The second-order valence-corrected chi connectivity index (χ2v) is 3.95. The molecule has 2 bridgehead atoms. The van der Waals surface area contributed by atoms with Crippen LogP contribution in [0.4, 0.5) is 0 Å². The van der Waals surface area contributed by atoms with Gasteiger partial charge in [0.2, 0.25) is 0 Å². The van der Waals surface area contributed by atoms with E-state index in [2.05, 4.69) is 5.28 Å². The minimum atomic E-state index is 0.0430. The topological polar surface area (TPSA) is 64.7 Å². The molecule has 2 aliphatic heterocycles. The third-order valence-corrected chi connectivity index (χ3v) is 3.33. The Hall–Kier alpha value is -1.78. The quantitative estimate of drug-likeness (QED) is 0.400. The summed E-state index contributed by atoms with van der Waals surface area (Å²) in [6.07, 6.45) is 1.85. The molecule has 0 saturated carbocycles. The van der Waals surface area contributed by atoms with Crippen molar-refractivity contribution in [2.24, 2.45) is 5.28 Å². The zero-order valence-electron chi connectivity index (χ0n) is 8.04. The van der Waals surface area contributed by atoms with E-state index in [1.807, 2.05) is 24.3 Å². The molecule has 78 valence electrons. The van der Waals surface area contributed by atoms with E-state index in [4.69, 9.17) is 0 Å². The largest absolute Gasteiger partial charge is 0.737 e. The van der Waals surface area contributed by atoms with Crippen LogP contribution in [0.25, 0.3) is 0 Å². The average Bonchev–Trinajstić information content (AvgIpc) is 2.84. The lowest BCUT2D eigenvalue weighted by molar-refractivity contribution is -0.702. The Kier molecular flexibility index (Phi) is 1.62. The summed E-state index contributed by atoms with van der Waals surface area (Å²) < 4.78 is 0. The van der Waals surface area contributed by atoms with Crippen LogP contribution in [0.1, 0.15) is 36.1 Å². The van der Waals surface area contributed by atoms with Crippen LogP contribution in [-0.2, 0) is 0 Å². The number of fused-ring (bicyclic) bond motifs is 5. The Labute approximate surface area is 86.8 Å². The van der Waals surface area contributed by atoms with Crippen LogP contribution in [0.2, 0.25) is 0 Å². The van der Waals surface area contributed by atoms with Gasteiger partial charge in [-0.05, 0) is 29.2 Å². The van der Waals surface area contributed by atoms with E-state index in [0.717, 1.165) is 12.8 Å². The van der Waals surface area contributed by atoms with Gasteiger partial charge in [-0.1, -0.05) is 24.3 Å². The summed E-state index contributed by atoms with van der Waals surface area (Å²) in [5.74, 6) is 0. The molecule has 0 radical (unpaired) electrons. The van der Waals surface area contributed by atoms with Crippen LogP contribution < -0.4 is 0 Å². The van der Waals surface area contributed by atoms with E-state index in [1.54, 1.807) is 0 Å². The fraction of sp³-hybridized carbons (Fsp3) is 0.400. The van der Waals surface area contributed by atoms with E-state index in [1.165, 1.54) is 16.1 Å². The van der Waals surface area contributed by atoms with Gasteiger partial charge in [-0.3, -0.25) is 0 Å². The molecule has 5 nitrogen and oxygen atoms in total. The van der Waals surface area contributed by atoms with E-state index < -0.39 is 0 Å². The minimum Gasteiger partial charge on any atom is -0.737 e. The standard InChI is InChI=1S/C10H11N3O2/c14-11-13(15)12-9-5-6-10(12)8-4-2-1-3-7(8)9/h1-4,9-10,14H,5-6H2/p-1/b13-11+/t9-,10+. The van der Waals surface area contributed by atoms with Gasteiger partial charge in [0, 0.05) is 4.97 Å². The second kappa shape index (κ2) is 2.85. The highest BCUT2D eigenvalue weighted by Crippen LogP contribution is 2.52. The first-order valence-electron chi connectivity index (χ1n) is 5.00. The van der Waals surface area contributed by atoms with Gasteiger partial charge in [0.1, 0.15) is 12.1 Å². The number of hydrazine groups is 1. The number of nitrogens with zero attached hydrogens (tertiary/aromatic N) is 3. The zero-order chi connectivity index (χ0) is 10.4. The highest BCUT2D eigenvalue weighted by molar-refractivity contribution is 5.39. The van der Waals surface area contributed by atoms with Crippen molar-refractivity contribution < 1.29 is 4.97 Å². The van der Waals surface area contributed by atoms with Crippen molar-refractivity contribution in [2.45, 2.75) is 24.9 Å². The smallest absolute Gasteiger partial charge is 0.114 e. The fourth-order valence-corrected chi connectivity index (χ4v) is 2.79. The van der Waals surface area contributed by atoms with E-state index in [0.29, 0.717) is 0 Å². The lowest BCUT2D eigenvalue weighted by Gasteiger charge is -2.18. The maximum Gasteiger partial charge on any atom is 0.114 e. The molecule has 0 spiro atoms. The van der Waals surface area contributed by atoms with Crippen molar-refractivity contribution in [3.05, 3.63) is 45.8 Å². The molecule has 2 heterocycles. The molecule has 0 amide bonds. The molecule has 1 saturated heterocycles. The van der Waals surface area contributed by atoms with E-state index >= 15 is 0 Å². The third kappa shape index (κ3) is 0.973. The molecule has 5 heteroatoms. The molecule has 0 N–H and O–H groups in total. The number of benzene rings is 1. The molecule has 15 heavy (non-hydrogen) atoms. The van der Waals surface area contributed by atoms with Gasteiger partial charge in [-0.15, -0.1) is 5.01 Å². The van der Waals surface area contributed by atoms with Gasteiger partial charge < -0.3 is 10.4 Å². The van der Waals surface area contributed by atoms with Crippen molar-refractivity contribution in [1.29, 1.82) is 0 Å². The van der Waals surface area contributed by atoms with Crippen molar-refractivity contribution in [3.63, 3.8) is 0 Å². The zero-order valence-corrected chi connectivity index (χ0v) is 8.04. The summed E-state index contributed by atoms with van der Waals surface area (Å²) in [5, 5.41) is 25.6. The summed E-state index contributed by atoms with van der Waals surface area (Å²) in [6.45, 7) is 0. The van der Waals surface area contributed by atoms with Crippen molar-refractivity contribution >= 4 is 0 Å². The molecule has 0 aromatic heterocycles. The normalized spacial score (nSPS) is 28.3. The van der Waals surface area contributed by atoms with Gasteiger partial charge in [0.05, 0.1) is 0 Å². The Morgan fingerprint density at radius 3 is 2.20 bits per heavy atom. The monoisotopic (exact) mass is 204 g/mol. The summed E-state index contributed by atoms with van der Waals surface area (Å²) in [4.78, 5) is 0.197. The van der Waals surface area contributed by atoms with Crippen molar-refractivity contribution in [1.82, 2.24) is 5.01 Å². The summed E-state index contributed by atoms with van der Waals surface area (Å²) >= 11 is 0. The Morgan fingerprint density at radius 1 is 1.20 bits per heavy atom. The van der Waals surface area contributed by atoms with Crippen LogP contribution in [-0.4, -0.2) is 9.98 Å². The van der Waals surface area contributed by atoms with Gasteiger partial charge in [0.15, 0.2) is 0 Å². The van der Waals surface area contributed by atoms with Gasteiger partial charge >= 0.3 is 0 Å². The number of rotatable bonds is 1. The average molecular weight is 204 g/mol. The highest BCUT2D eigenvalue weighted by Gasteiger charge is 2.48. The molecule has 1 fully saturated rings. The lowest BCUT2D eigenvalue weighted by atomic mass is 9.92. The van der Waals surface area contributed by atoms with Gasteiger partial charge in [-0.2, -0.15) is 0 Å². The molecular weight excluding hydrogens is 194 g/mol. The predicted molar refractivity (Wildman–Crippen MR) is 52.4 cm³/mol. The van der Waals surface area contributed by atoms with E-state index in [9.17, 15) is 10.4 Å². The Bertz CT molecular complexity index is 401. The predicted octanol–water partition coefficient (Wildman–Crippen LogP) is 2.25. The fourth-order valence-electron chi connectivity index (χ4n) is 2.79. The molecule has 0 aliphatic carbocycles. The first-order chi connectivity index (χ1) is 7.33. The molecule has 1 aromatic carbocycles. The van der Waals surface area contributed by atoms with E-state index in [-0.39, 0.29) is 17.1 Å². The summed E-state index contributed by atoms with van der Waals surface area (Å²) in [5.41, 5.74) is 2.33. The van der Waals surface area contributed by atoms with Crippen LogP contribution in [0.15, 0.2) is 29.5 Å². The SMILES string of the molecule is [O-]/N=[N+](/[O-])N1[C@@H]2CC[C@H]1c1ccccc12. The molecular formula is C10H10N3O2-. The maximum atomic E-state index is 11.3. The molecule has 2 aliphatic rings. The second-order valence-electron chi connectivity index (χ2n) is 3.95. The van der Waals surface area contributed by atoms with Crippen LogP contribution in [0.3, 0.4) is 0 Å².